The van der Waals surface area contributed by atoms with E-state index in [0.717, 1.165) is 39.3 Å². The molecule has 0 aliphatic heterocycles. The minimum atomic E-state index is 0. The molecule has 0 spiro atoms. The molecule has 0 aliphatic carbocycles. The summed E-state index contributed by atoms with van der Waals surface area (Å²) in [5.74, 6) is 0.845. The third kappa shape index (κ3) is 11.2. The highest BCUT2D eigenvalue weighted by molar-refractivity contribution is 5.85. The average molecular weight is 344 g/mol. The number of carbonyl (C=O) groups excluding carboxylic acids is 1. The molecule has 0 radical (unpaired) electrons. The first-order valence-corrected chi connectivity index (χ1v) is 7.61. The van der Waals surface area contributed by atoms with Crippen LogP contribution in [0.15, 0.2) is 0 Å². The maximum atomic E-state index is 12.4. The average Bonchev–Trinajstić information content (AvgIpc) is 2.37. The third-order valence-electron chi connectivity index (χ3n) is 3.41. The second kappa shape index (κ2) is 14.9. The van der Waals surface area contributed by atoms with E-state index in [-0.39, 0.29) is 36.6 Å². The van der Waals surface area contributed by atoms with Crippen LogP contribution in [-0.4, -0.2) is 62.0 Å². The normalized spacial score (nSPS) is 11.8. The standard InChI is InChI=1S/C15H33N3O.2ClH/c1-7-17(8-2)9-10-18(12-13(3)4)15(19)14(5)11-16-6;;/h13-14,16H,7-12H2,1-6H3;2*1H. The molecule has 6 heteroatoms. The van der Waals surface area contributed by atoms with Crippen molar-refractivity contribution in [1.82, 2.24) is 15.1 Å². The van der Waals surface area contributed by atoms with Crippen molar-refractivity contribution in [2.75, 3.05) is 46.3 Å². The number of nitrogens with zero attached hydrogens (tertiary/aromatic N) is 2. The molecule has 1 unspecified atom stereocenters. The molecule has 0 fully saturated rings. The number of halogens is 2. The Labute approximate surface area is 143 Å². The Morgan fingerprint density at radius 3 is 1.95 bits per heavy atom. The molecule has 1 N–H and O–H groups in total. The molecule has 0 heterocycles. The van der Waals surface area contributed by atoms with Crippen molar-refractivity contribution in [3.63, 3.8) is 0 Å². The zero-order chi connectivity index (χ0) is 14.8. The maximum absolute atomic E-state index is 12.4. The summed E-state index contributed by atoms with van der Waals surface area (Å²) in [5, 5.41) is 3.09. The maximum Gasteiger partial charge on any atom is 0.226 e. The van der Waals surface area contributed by atoms with Gasteiger partial charge in [-0.3, -0.25) is 4.79 Å². The minimum absolute atomic E-state index is 0. The fraction of sp³-hybridized carbons (Fsp3) is 0.933. The van der Waals surface area contributed by atoms with Gasteiger partial charge < -0.3 is 15.1 Å². The van der Waals surface area contributed by atoms with E-state index in [1.165, 1.54) is 0 Å². The number of nitrogens with one attached hydrogen (secondary N) is 1. The second-order valence-corrected chi connectivity index (χ2v) is 5.66. The number of likely N-dealkylation sites (N-methyl/N-ethyl adjacent to an activating group) is 1. The van der Waals surface area contributed by atoms with E-state index in [0.29, 0.717) is 5.92 Å². The monoisotopic (exact) mass is 343 g/mol. The molecule has 0 saturated carbocycles. The molecule has 0 aromatic rings. The van der Waals surface area contributed by atoms with Gasteiger partial charge in [0.1, 0.15) is 0 Å². The van der Waals surface area contributed by atoms with Crippen LogP contribution in [0.25, 0.3) is 0 Å². The highest BCUT2D eigenvalue weighted by Gasteiger charge is 2.20. The fourth-order valence-corrected chi connectivity index (χ4v) is 2.24. The number of amides is 1. The lowest BCUT2D eigenvalue weighted by molar-refractivity contribution is -0.135. The van der Waals surface area contributed by atoms with Crippen molar-refractivity contribution in [2.45, 2.75) is 34.6 Å². The molecule has 0 aliphatic rings. The van der Waals surface area contributed by atoms with Crippen LogP contribution >= 0.6 is 24.8 Å². The van der Waals surface area contributed by atoms with Crippen LogP contribution in [0.2, 0.25) is 0 Å². The van der Waals surface area contributed by atoms with Crippen molar-refractivity contribution in [1.29, 1.82) is 0 Å². The van der Waals surface area contributed by atoms with E-state index < -0.39 is 0 Å². The number of carbonyl (C=O) groups is 1. The van der Waals surface area contributed by atoms with E-state index in [9.17, 15) is 4.79 Å². The Morgan fingerprint density at radius 1 is 1.05 bits per heavy atom. The van der Waals surface area contributed by atoms with Gasteiger partial charge >= 0.3 is 0 Å². The topological polar surface area (TPSA) is 35.6 Å². The lowest BCUT2D eigenvalue weighted by Crippen LogP contribution is -2.44. The number of rotatable bonds is 10. The molecule has 4 nitrogen and oxygen atoms in total. The summed E-state index contributed by atoms with van der Waals surface area (Å²) in [4.78, 5) is 16.8. The summed E-state index contributed by atoms with van der Waals surface area (Å²) in [6.45, 7) is 16.2. The Balaban J connectivity index is -0.00000162. The lowest BCUT2D eigenvalue weighted by Gasteiger charge is -2.30. The van der Waals surface area contributed by atoms with Gasteiger partial charge in [-0.05, 0) is 26.1 Å². The number of hydrogen-bond acceptors (Lipinski definition) is 3. The van der Waals surface area contributed by atoms with Crippen molar-refractivity contribution in [3.05, 3.63) is 0 Å². The van der Waals surface area contributed by atoms with Crippen LogP contribution in [0.3, 0.4) is 0 Å². The van der Waals surface area contributed by atoms with Crippen LogP contribution in [0, 0.1) is 11.8 Å². The molecule has 0 bridgehead atoms. The van der Waals surface area contributed by atoms with Crippen LogP contribution in [0.1, 0.15) is 34.6 Å². The van der Waals surface area contributed by atoms with Gasteiger partial charge in [0.2, 0.25) is 5.91 Å². The van der Waals surface area contributed by atoms with Crippen LogP contribution in [0.4, 0.5) is 0 Å². The summed E-state index contributed by atoms with van der Waals surface area (Å²) in [6.07, 6.45) is 0. The zero-order valence-electron chi connectivity index (χ0n) is 14.5. The summed E-state index contributed by atoms with van der Waals surface area (Å²) < 4.78 is 0. The van der Waals surface area contributed by atoms with Gasteiger partial charge in [0.15, 0.2) is 0 Å². The van der Waals surface area contributed by atoms with Gasteiger partial charge in [-0.1, -0.05) is 34.6 Å². The van der Waals surface area contributed by atoms with E-state index in [1.54, 1.807) is 0 Å². The fourth-order valence-electron chi connectivity index (χ4n) is 2.24. The summed E-state index contributed by atoms with van der Waals surface area (Å²) in [5.41, 5.74) is 0. The summed E-state index contributed by atoms with van der Waals surface area (Å²) in [6, 6.07) is 0. The molecule has 1 amide bonds. The van der Waals surface area contributed by atoms with E-state index in [1.807, 2.05) is 18.9 Å². The predicted molar refractivity (Wildman–Crippen MR) is 96.8 cm³/mol. The lowest BCUT2D eigenvalue weighted by atomic mass is 10.1. The molecule has 0 aromatic carbocycles. The summed E-state index contributed by atoms with van der Waals surface area (Å²) in [7, 11) is 1.90. The first-order chi connectivity index (χ1) is 8.96. The van der Waals surface area contributed by atoms with E-state index in [4.69, 9.17) is 0 Å². The van der Waals surface area contributed by atoms with Crippen molar-refractivity contribution < 1.29 is 4.79 Å². The predicted octanol–water partition coefficient (Wildman–Crippen LogP) is 2.51. The molecular weight excluding hydrogens is 309 g/mol. The SMILES string of the molecule is CCN(CC)CCN(CC(C)C)C(=O)C(C)CNC.Cl.Cl. The zero-order valence-corrected chi connectivity index (χ0v) is 16.1. The van der Waals surface area contributed by atoms with Gasteiger partial charge in [0.05, 0.1) is 0 Å². The van der Waals surface area contributed by atoms with Crippen LogP contribution < -0.4 is 5.32 Å². The third-order valence-corrected chi connectivity index (χ3v) is 3.41. The molecule has 1 atom stereocenters. The van der Waals surface area contributed by atoms with Gasteiger partial charge in [-0.15, -0.1) is 24.8 Å². The van der Waals surface area contributed by atoms with Gasteiger partial charge in [0, 0.05) is 32.1 Å². The van der Waals surface area contributed by atoms with Crippen molar-refractivity contribution >= 4 is 30.7 Å². The Kier molecular flexibility index (Phi) is 18.4. The quantitative estimate of drug-likeness (QED) is 0.661. The minimum Gasteiger partial charge on any atom is -0.341 e. The Bertz CT molecular complexity index is 249. The molecule has 21 heavy (non-hydrogen) atoms. The van der Waals surface area contributed by atoms with E-state index >= 15 is 0 Å². The van der Waals surface area contributed by atoms with E-state index in [2.05, 4.69) is 37.9 Å². The Hall–Kier alpha value is -0.0300. The highest BCUT2D eigenvalue weighted by atomic mass is 35.5. The number of hydrogen-bond donors (Lipinski definition) is 1. The molecule has 0 saturated heterocycles. The first kappa shape index (κ1) is 25.9. The smallest absolute Gasteiger partial charge is 0.226 e. The largest absolute Gasteiger partial charge is 0.341 e. The van der Waals surface area contributed by atoms with Crippen LogP contribution in [-0.2, 0) is 4.79 Å². The van der Waals surface area contributed by atoms with Gasteiger partial charge in [-0.2, -0.15) is 0 Å². The summed E-state index contributed by atoms with van der Waals surface area (Å²) >= 11 is 0. The van der Waals surface area contributed by atoms with Gasteiger partial charge in [0.25, 0.3) is 0 Å². The molecule has 0 aromatic heterocycles. The van der Waals surface area contributed by atoms with Crippen molar-refractivity contribution in [3.8, 4) is 0 Å². The first-order valence-electron chi connectivity index (χ1n) is 7.61. The molecular formula is C15H35Cl2N3O. The highest BCUT2D eigenvalue weighted by Crippen LogP contribution is 2.06. The second-order valence-electron chi connectivity index (χ2n) is 5.66. The van der Waals surface area contributed by atoms with Crippen LogP contribution in [0.5, 0.6) is 0 Å². The van der Waals surface area contributed by atoms with Gasteiger partial charge in [-0.25, -0.2) is 0 Å². The Morgan fingerprint density at radius 2 is 1.57 bits per heavy atom. The molecule has 130 valence electrons. The van der Waals surface area contributed by atoms with Crippen molar-refractivity contribution in [2.24, 2.45) is 11.8 Å². The molecule has 0 rings (SSSR count).